The fraction of sp³-hybridized carbons (Fsp3) is 0.350. The number of hydrogen-bond donors (Lipinski definition) is 1. The van der Waals surface area contributed by atoms with Crippen LogP contribution in [-0.4, -0.2) is 35.7 Å². The number of carbonyl (C=O) groups excluding carboxylic acids is 1. The summed E-state index contributed by atoms with van der Waals surface area (Å²) < 4.78 is 0. The van der Waals surface area contributed by atoms with E-state index < -0.39 is 0 Å². The lowest BCUT2D eigenvalue weighted by Crippen LogP contribution is -2.38. The third-order valence-corrected chi connectivity index (χ3v) is 5.56. The molecule has 1 aliphatic rings. The Hall–Kier alpha value is -1.49. The minimum absolute atomic E-state index is 0.130. The molecule has 1 atom stereocenters. The van der Waals surface area contributed by atoms with Crippen LogP contribution in [0.4, 0.5) is 0 Å². The van der Waals surface area contributed by atoms with Crippen molar-refractivity contribution in [2.75, 3.05) is 18.8 Å². The van der Waals surface area contributed by atoms with E-state index in [2.05, 4.69) is 34.5 Å². The number of thioether (sulfide) groups is 1. The SMILES string of the molecule is O=C(CSCc1ccc(Cl)cc1)NC1CCN(Cc2ccccc2)C1. The molecular weight excluding hydrogens is 352 g/mol. The van der Waals surface area contributed by atoms with Crippen molar-refractivity contribution in [3.05, 3.63) is 70.7 Å². The molecule has 0 bridgehead atoms. The molecular formula is C20H23ClN2OS. The summed E-state index contributed by atoms with van der Waals surface area (Å²) in [4.78, 5) is 14.5. The van der Waals surface area contributed by atoms with Crippen molar-refractivity contribution in [2.45, 2.75) is 24.8 Å². The second kappa shape index (κ2) is 9.27. The van der Waals surface area contributed by atoms with Gasteiger partial charge in [-0.25, -0.2) is 0 Å². The highest BCUT2D eigenvalue weighted by molar-refractivity contribution is 7.99. The summed E-state index contributed by atoms with van der Waals surface area (Å²) in [6.07, 6.45) is 1.03. The van der Waals surface area contributed by atoms with Crippen molar-refractivity contribution in [1.29, 1.82) is 0 Å². The number of hydrogen-bond acceptors (Lipinski definition) is 3. The largest absolute Gasteiger partial charge is 0.351 e. The molecule has 3 nitrogen and oxygen atoms in total. The monoisotopic (exact) mass is 374 g/mol. The first kappa shape index (κ1) is 18.3. The Kier molecular flexibility index (Phi) is 6.79. The molecule has 1 saturated heterocycles. The summed E-state index contributed by atoms with van der Waals surface area (Å²) in [6.45, 7) is 2.93. The highest BCUT2D eigenvalue weighted by atomic mass is 35.5. The van der Waals surface area contributed by atoms with Crippen LogP contribution < -0.4 is 5.32 Å². The summed E-state index contributed by atoms with van der Waals surface area (Å²) in [7, 11) is 0. The Morgan fingerprint density at radius 2 is 1.88 bits per heavy atom. The van der Waals surface area contributed by atoms with Crippen molar-refractivity contribution in [2.24, 2.45) is 0 Å². The number of nitrogens with one attached hydrogen (secondary N) is 1. The Balaban J connectivity index is 1.35. The molecule has 0 spiro atoms. The van der Waals surface area contributed by atoms with Gasteiger partial charge in [0.1, 0.15) is 0 Å². The maximum atomic E-state index is 12.1. The van der Waals surface area contributed by atoms with Crippen LogP contribution in [0.3, 0.4) is 0 Å². The van der Waals surface area contributed by atoms with E-state index in [9.17, 15) is 4.79 Å². The molecule has 3 rings (SSSR count). The summed E-state index contributed by atoms with van der Waals surface area (Å²) >= 11 is 7.52. The molecule has 1 N–H and O–H groups in total. The topological polar surface area (TPSA) is 32.3 Å². The highest BCUT2D eigenvalue weighted by Crippen LogP contribution is 2.16. The molecule has 1 fully saturated rings. The van der Waals surface area contributed by atoms with Crippen molar-refractivity contribution in [3.8, 4) is 0 Å². The molecule has 1 amide bonds. The van der Waals surface area contributed by atoms with Crippen LogP contribution in [0.2, 0.25) is 5.02 Å². The van der Waals surface area contributed by atoms with Gasteiger partial charge in [0.25, 0.3) is 0 Å². The number of benzene rings is 2. The molecule has 2 aromatic rings. The van der Waals surface area contributed by atoms with E-state index in [0.717, 1.165) is 36.8 Å². The number of rotatable bonds is 7. The van der Waals surface area contributed by atoms with Gasteiger partial charge in [-0.2, -0.15) is 0 Å². The third-order valence-electron chi connectivity index (χ3n) is 4.30. The van der Waals surface area contributed by atoms with Gasteiger partial charge in [0.2, 0.25) is 5.91 Å². The Morgan fingerprint density at radius 1 is 1.12 bits per heavy atom. The number of carbonyl (C=O) groups is 1. The first-order valence-corrected chi connectivity index (χ1v) is 10.1. The summed E-state index contributed by atoms with van der Waals surface area (Å²) in [6, 6.07) is 18.5. The van der Waals surface area contributed by atoms with E-state index in [1.807, 2.05) is 30.3 Å². The smallest absolute Gasteiger partial charge is 0.230 e. The lowest BCUT2D eigenvalue weighted by atomic mass is 10.2. The van der Waals surface area contributed by atoms with Crippen LogP contribution in [0.5, 0.6) is 0 Å². The van der Waals surface area contributed by atoms with Gasteiger partial charge in [-0.05, 0) is 29.7 Å². The van der Waals surface area contributed by atoms with Crippen LogP contribution in [0.15, 0.2) is 54.6 Å². The molecule has 2 aromatic carbocycles. The molecule has 0 saturated carbocycles. The molecule has 1 heterocycles. The first-order valence-electron chi connectivity index (χ1n) is 8.57. The molecule has 0 radical (unpaired) electrons. The minimum atomic E-state index is 0.130. The second-order valence-electron chi connectivity index (χ2n) is 6.39. The van der Waals surface area contributed by atoms with Crippen LogP contribution in [0.1, 0.15) is 17.5 Å². The predicted molar refractivity (Wildman–Crippen MR) is 106 cm³/mol. The zero-order chi connectivity index (χ0) is 17.5. The molecule has 1 unspecified atom stereocenters. The van der Waals surface area contributed by atoms with Crippen LogP contribution in [0.25, 0.3) is 0 Å². The van der Waals surface area contributed by atoms with Gasteiger partial charge in [-0.1, -0.05) is 54.1 Å². The van der Waals surface area contributed by atoms with E-state index in [0.29, 0.717) is 5.75 Å². The van der Waals surface area contributed by atoms with Crippen LogP contribution in [-0.2, 0) is 17.1 Å². The van der Waals surface area contributed by atoms with Gasteiger partial charge in [0.15, 0.2) is 0 Å². The Morgan fingerprint density at radius 3 is 2.64 bits per heavy atom. The number of likely N-dealkylation sites (tertiary alicyclic amines) is 1. The van der Waals surface area contributed by atoms with Crippen LogP contribution >= 0.6 is 23.4 Å². The highest BCUT2D eigenvalue weighted by Gasteiger charge is 2.23. The normalized spacial score (nSPS) is 17.6. The molecule has 132 valence electrons. The van der Waals surface area contributed by atoms with E-state index in [-0.39, 0.29) is 11.9 Å². The zero-order valence-electron chi connectivity index (χ0n) is 14.2. The van der Waals surface area contributed by atoms with Gasteiger partial charge in [-0.15, -0.1) is 11.8 Å². The third kappa shape index (κ3) is 6.07. The van der Waals surface area contributed by atoms with Gasteiger partial charge in [-0.3, -0.25) is 9.69 Å². The fourth-order valence-corrected chi connectivity index (χ4v) is 3.97. The number of halogens is 1. The van der Waals surface area contributed by atoms with Gasteiger partial charge < -0.3 is 5.32 Å². The van der Waals surface area contributed by atoms with Gasteiger partial charge in [0, 0.05) is 36.5 Å². The lowest BCUT2D eigenvalue weighted by molar-refractivity contribution is -0.119. The molecule has 0 aromatic heterocycles. The Bertz CT molecular complexity index is 678. The summed E-state index contributed by atoms with van der Waals surface area (Å²) in [5.41, 5.74) is 2.52. The average Bonchev–Trinajstić information content (AvgIpc) is 3.04. The second-order valence-corrected chi connectivity index (χ2v) is 7.82. The maximum Gasteiger partial charge on any atom is 0.230 e. The predicted octanol–water partition coefficient (Wildman–Crippen LogP) is 3.96. The van der Waals surface area contributed by atoms with Crippen molar-refractivity contribution >= 4 is 29.3 Å². The van der Waals surface area contributed by atoms with Crippen molar-refractivity contribution in [1.82, 2.24) is 10.2 Å². The molecule has 5 heteroatoms. The average molecular weight is 375 g/mol. The van der Waals surface area contributed by atoms with Crippen molar-refractivity contribution in [3.63, 3.8) is 0 Å². The molecule has 0 aliphatic carbocycles. The molecule has 25 heavy (non-hydrogen) atoms. The summed E-state index contributed by atoms with van der Waals surface area (Å²) in [5, 5.41) is 3.91. The van der Waals surface area contributed by atoms with E-state index in [4.69, 9.17) is 11.6 Å². The molecule has 1 aliphatic heterocycles. The Labute approximate surface area is 158 Å². The van der Waals surface area contributed by atoms with Gasteiger partial charge >= 0.3 is 0 Å². The maximum absolute atomic E-state index is 12.1. The van der Waals surface area contributed by atoms with Crippen LogP contribution in [0, 0.1) is 0 Å². The summed E-state index contributed by atoms with van der Waals surface area (Å²) in [5.74, 6) is 1.46. The van der Waals surface area contributed by atoms with Crippen molar-refractivity contribution < 1.29 is 4.79 Å². The van der Waals surface area contributed by atoms with Gasteiger partial charge in [0.05, 0.1) is 5.75 Å². The minimum Gasteiger partial charge on any atom is -0.351 e. The quantitative estimate of drug-likeness (QED) is 0.796. The standard InChI is InChI=1S/C20H23ClN2OS/c21-18-8-6-17(7-9-18)14-25-15-20(24)22-19-10-11-23(13-19)12-16-4-2-1-3-5-16/h1-9,19H,10-15H2,(H,22,24). The van der Waals surface area contributed by atoms with E-state index in [1.165, 1.54) is 11.1 Å². The number of amides is 1. The zero-order valence-corrected chi connectivity index (χ0v) is 15.7. The fourth-order valence-electron chi connectivity index (χ4n) is 3.05. The van der Waals surface area contributed by atoms with E-state index in [1.54, 1.807) is 11.8 Å². The first-order chi connectivity index (χ1) is 12.2. The van der Waals surface area contributed by atoms with E-state index >= 15 is 0 Å². The number of nitrogens with zero attached hydrogens (tertiary/aromatic N) is 1. The lowest BCUT2D eigenvalue weighted by Gasteiger charge is -2.16.